The Morgan fingerprint density at radius 1 is 1.39 bits per heavy atom. The third-order valence-corrected chi connectivity index (χ3v) is 4.87. The molecule has 4 nitrogen and oxygen atoms in total. The summed E-state index contributed by atoms with van der Waals surface area (Å²) in [5.74, 6) is 1.10. The Morgan fingerprint density at radius 2 is 2.17 bits per heavy atom. The van der Waals surface area contributed by atoms with E-state index in [9.17, 15) is 9.90 Å². The maximum absolute atomic E-state index is 11.6. The Kier molecular flexibility index (Phi) is 2.94. The molecule has 4 fully saturated rings. The third-order valence-electron chi connectivity index (χ3n) is 4.87. The normalized spacial score (nSPS) is 45.7. The second-order valence-electron chi connectivity index (χ2n) is 5.93. The Bertz CT molecular complexity index is 378. The molecule has 3 aliphatic carbocycles. The molecular weight excluding hydrogens is 232 g/mol. The van der Waals surface area contributed by atoms with Gasteiger partial charge in [0.15, 0.2) is 6.29 Å². The summed E-state index contributed by atoms with van der Waals surface area (Å²) in [6.45, 7) is 5.90. The largest absolute Gasteiger partial charge is 0.459 e. The van der Waals surface area contributed by atoms with Gasteiger partial charge in [-0.3, -0.25) is 0 Å². The molecule has 4 heteroatoms. The molecule has 4 aliphatic rings. The number of aliphatic hydroxyl groups is 1. The van der Waals surface area contributed by atoms with Crippen molar-refractivity contribution in [1.82, 2.24) is 0 Å². The zero-order valence-corrected chi connectivity index (χ0v) is 10.7. The average molecular weight is 252 g/mol. The van der Waals surface area contributed by atoms with Crippen LogP contribution in [0.1, 0.15) is 26.2 Å². The highest BCUT2D eigenvalue weighted by Crippen LogP contribution is 2.53. The lowest BCUT2D eigenvalue weighted by atomic mass is 9.58. The summed E-state index contributed by atoms with van der Waals surface area (Å²) in [7, 11) is 0. The molecule has 0 spiro atoms. The fourth-order valence-electron chi connectivity index (χ4n) is 4.03. The number of ether oxygens (including phenoxy) is 2. The molecule has 6 unspecified atom stereocenters. The lowest BCUT2D eigenvalue weighted by molar-refractivity contribution is -0.163. The summed E-state index contributed by atoms with van der Waals surface area (Å²) in [5.41, 5.74) is 0.454. The Balaban J connectivity index is 1.74. The van der Waals surface area contributed by atoms with E-state index in [-0.39, 0.29) is 18.0 Å². The first kappa shape index (κ1) is 12.2. The highest BCUT2D eigenvalue weighted by atomic mass is 16.6. The van der Waals surface area contributed by atoms with E-state index >= 15 is 0 Å². The number of esters is 1. The minimum atomic E-state index is -0.611. The van der Waals surface area contributed by atoms with Crippen molar-refractivity contribution in [1.29, 1.82) is 0 Å². The van der Waals surface area contributed by atoms with Gasteiger partial charge in [-0.2, -0.15) is 0 Å². The van der Waals surface area contributed by atoms with Gasteiger partial charge in [-0.15, -0.1) is 0 Å². The van der Waals surface area contributed by atoms with E-state index < -0.39 is 6.29 Å². The molecule has 0 aromatic rings. The Hall–Kier alpha value is -0.870. The van der Waals surface area contributed by atoms with E-state index in [1.165, 1.54) is 0 Å². The quantitative estimate of drug-likeness (QED) is 0.597. The van der Waals surface area contributed by atoms with Gasteiger partial charge in [-0.05, 0) is 38.0 Å². The summed E-state index contributed by atoms with van der Waals surface area (Å²) in [5, 5.41) is 9.86. The third kappa shape index (κ3) is 1.79. The second-order valence-corrected chi connectivity index (χ2v) is 5.93. The summed E-state index contributed by atoms with van der Waals surface area (Å²) < 4.78 is 10.9. The Labute approximate surface area is 107 Å². The van der Waals surface area contributed by atoms with Gasteiger partial charge in [-0.1, -0.05) is 6.58 Å². The summed E-state index contributed by atoms with van der Waals surface area (Å²) >= 11 is 0. The van der Waals surface area contributed by atoms with Crippen molar-refractivity contribution >= 4 is 5.97 Å². The predicted octanol–water partition coefficient (Wildman–Crippen LogP) is 1.49. The number of hydrogen-bond donors (Lipinski definition) is 1. The fraction of sp³-hybridized carbons (Fsp3) is 0.786. The van der Waals surface area contributed by atoms with Crippen LogP contribution in [0.3, 0.4) is 0 Å². The van der Waals surface area contributed by atoms with Crippen LogP contribution in [0.4, 0.5) is 0 Å². The second kappa shape index (κ2) is 4.35. The van der Waals surface area contributed by atoms with E-state index in [2.05, 4.69) is 6.58 Å². The zero-order valence-electron chi connectivity index (χ0n) is 10.7. The number of rotatable bonds is 2. The van der Waals surface area contributed by atoms with Crippen molar-refractivity contribution in [2.75, 3.05) is 6.61 Å². The van der Waals surface area contributed by atoms with Crippen LogP contribution < -0.4 is 0 Å². The molecule has 6 atom stereocenters. The molecule has 0 aromatic heterocycles. The van der Waals surface area contributed by atoms with Crippen LogP contribution in [-0.2, 0) is 14.3 Å². The number of hydrogen-bond acceptors (Lipinski definition) is 4. The van der Waals surface area contributed by atoms with E-state index in [0.29, 0.717) is 29.9 Å². The molecule has 3 saturated carbocycles. The van der Waals surface area contributed by atoms with Crippen LogP contribution in [-0.4, -0.2) is 30.1 Å². The molecule has 1 aliphatic heterocycles. The molecule has 0 radical (unpaired) electrons. The van der Waals surface area contributed by atoms with Gasteiger partial charge < -0.3 is 14.6 Å². The van der Waals surface area contributed by atoms with Crippen molar-refractivity contribution in [2.24, 2.45) is 23.7 Å². The van der Waals surface area contributed by atoms with Crippen molar-refractivity contribution in [3.8, 4) is 0 Å². The zero-order chi connectivity index (χ0) is 12.9. The van der Waals surface area contributed by atoms with Gasteiger partial charge in [0, 0.05) is 17.4 Å². The van der Waals surface area contributed by atoms with Crippen LogP contribution in [0.25, 0.3) is 0 Å². The monoisotopic (exact) mass is 252 g/mol. The standard InChI is InChI=1S/C14H20O4/c1-7(2)13(15)18-11-5-8-3-4-9(11)10-6-17-14(16)12(8)10/h8-12,14,16H,1,3-6H2,2H3. The molecule has 0 aromatic carbocycles. The first-order valence-corrected chi connectivity index (χ1v) is 6.74. The van der Waals surface area contributed by atoms with E-state index in [0.717, 1.165) is 19.3 Å². The molecular formula is C14H20O4. The minimum absolute atomic E-state index is 0.0110. The minimum Gasteiger partial charge on any atom is -0.459 e. The van der Waals surface area contributed by atoms with E-state index in [1.807, 2.05) is 0 Å². The van der Waals surface area contributed by atoms with E-state index in [4.69, 9.17) is 9.47 Å². The van der Waals surface area contributed by atoms with Gasteiger partial charge in [0.05, 0.1) is 6.61 Å². The lowest BCUT2D eigenvalue weighted by Gasteiger charge is -2.49. The van der Waals surface area contributed by atoms with Crippen LogP contribution in [0.2, 0.25) is 0 Å². The molecule has 1 heterocycles. The smallest absolute Gasteiger partial charge is 0.333 e. The van der Waals surface area contributed by atoms with Gasteiger partial charge in [-0.25, -0.2) is 4.79 Å². The van der Waals surface area contributed by atoms with Gasteiger partial charge in [0.1, 0.15) is 6.10 Å². The maximum Gasteiger partial charge on any atom is 0.333 e. The summed E-state index contributed by atoms with van der Waals surface area (Å²) in [6.07, 6.45) is 2.44. The highest BCUT2D eigenvalue weighted by Gasteiger charge is 2.55. The van der Waals surface area contributed by atoms with Crippen molar-refractivity contribution in [3.63, 3.8) is 0 Å². The molecule has 1 N–H and O–H groups in total. The molecule has 18 heavy (non-hydrogen) atoms. The van der Waals surface area contributed by atoms with Crippen LogP contribution >= 0.6 is 0 Å². The van der Waals surface area contributed by atoms with Crippen molar-refractivity contribution in [2.45, 2.75) is 38.6 Å². The molecule has 1 saturated heterocycles. The average Bonchev–Trinajstić information content (AvgIpc) is 2.74. The first-order chi connectivity index (χ1) is 8.58. The van der Waals surface area contributed by atoms with Crippen molar-refractivity contribution < 1.29 is 19.4 Å². The first-order valence-electron chi connectivity index (χ1n) is 6.74. The number of fused-ring (bicyclic) bond motifs is 2. The highest BCUT2D eigenvalue weighted by molar-refractivity contribution is 5.87. The molecule has 100 valence electrons. The van der Waals surface area contributed by atoms with Gasteiger partial charge in [0.25, 0.3) is 0 Å². The summed E-state index contributed by atoms with van der Waals surface area (Å²) in [4.78, 5) is 11.6. The Morgan fingerprint density at radius 3 is 2.89 bits per heavy atom. The lowest BCUT2D eigenvalue weighted by Crippen LogP contribution is -2.50. The number of carbonyl (C=O) groups is 1. The fourth-order valence-corrected chi connectivity index (χ4v) is 4.03. The summed E-state index contributed by atoms with van der Waals surface area (Å²) in [6, 6.07) is 0. The SMILES string of the molecule is C=C(C)C(=O)OC1CC2CCC1C1COC(O)C21. The van der Waals surface area contributed by atoms with Crippen molar-refractivity contribution in [3.05, 3.63) is 12.2 Å². The topological polar surface area (TPSA) is 55.8 Å². The van der Waals surface area contributed by atoms with Crippen LogP contribution in [0, 0.1) is 23.7 Å². The van der Waals surface area contributed by atoms with Crippen LogP contribution in [0.15, 0.2) is 12.2 Å². The van der Waals surface area contributed by atoms with E-state index in [1.54, 1.807) is 6.92 Å². The predicted molar refractivity (Wildman–Crippen MR) is 64.5 cm³/mol. The molecule has 0 amide bonds. The van der Waals surface area contributed by atoms with Gasteiger partial charge in [0.2, 0.25) is 0 Å². The maximum atomic E-state index is 11.6. The molecule has 4 rings (SSSR count). The van der Waals surface area contributed by atoms with Crippen LogP contribution in [0.5, 0.6) is 0 Å². The number of carbonyl (C=O) groups excluding carboxylic acids is 1. The van der Waals surface area contributed by atoms with Gasteiger partial charge >= 0.3 is 5.97 Å². The number of aliphatic hydroxyl groups excluding tert-OH is 1. The molecule has 2 bridgehead atoms.